The fraction of sp³-hybridized carbons (Fsp3) is 0.0714. The molecule has 2 aromatic rings. The van der Waals surface area contributed by atoms with Gasteiger partial charge in [0.15, 0.2) is 5.75 Å². The number of carbonyl (C=O) groups is 1. The van der Waals surface area contributed by atoms with Crippen LogP contribution >= 0.6 is 11.6 Å². The van der Waals surface area contributed by atoms with Crippen LogP contribution in [0.2, 0.25) is 5.02 Å². The highest BCUT2D eigenvalue weighted by Gasteiger charge is 2.25. The van der Waals surface area contributed by atoms with Crippen molar-refractivity contribution in [2.75, 3.05) is 4.72 Å². The van der Waals surface area contributed by atoms with Gasteiger partial charge in [-0.15, -0.1) is 0 Å². The first-order chi connectivity index (χ1) is 10.6. The lowest BCUT2D eigenvalue weighted by Gasteiger charge is -2.13. The van der Waals surface area contributed by atoms with E-state index >= 15 is 0 Å². The van der Waals surface area contributed by atoms with E-state index < -0.39 is 43.7 Å². The molecule has 9 heteroatoms. The van der Waals surface area contributed by atoms with Crippen molar-refractivity contribution in [3.8, 4) is 5.75 Å². The molecule has 0 aliphatic heterocycles. The van der Waals surface area contributed by atoms with E-state index in [1.54, 1.807) is 0 Å². The second-order valence-corrected chi connectivity index (χ2v) is 6.72. The Morgan fingerprint density at radius 3 is 2.57 bits per heavy atom. The molecule has 23 heavy (non-hydrogen) atoms. The van der Waals surface area contributed by atoms with Gasteiger partial charge >= 0.3 is 5.97 Å². The Kier molecular flexibility index (Phi) is 4.49. The van der Waals surface area contributed by atoms with E-state index in [-0.39, 0.29) is 5.02 Å². The lowest BCUT2D eigenvalue weighted by atomic mass is 10.1. The number of sulfonamides is 1. The molecule has 0 aliphatic rings. The summed E-state index contributed by atoms with van der Waals surface area (Å²) in [6, 6.07) is 5.80. The number of carboxylic acids is 1. The van der Waals surface area contributed by atoms with Gasteiger partial charge in [-0.3, -0.25) is 4.72 Å². The smallest absolute Gasteiger partial charge is 0.340 e. The van der Waals surface area contributed by atoms with E-state index in [0.29, 0.717) is 5.56 Å². The number of para-hydroxylation sites is 1. The van der Waals surface area contributed by atoms with Gasteiger partial charge in [0.2, 0.25) is 0 Å². The van der Waals surface area contributed by atoms with E-state index in [1.165, 1.54) is 25.1 Å². The summed E-state index contributed by atoms with van der Waals surface area (Å²) in [5, 5.41) is 18.6. The zero-order chi connectivity index (χ0) is 17.4. The molecule has 0 spiro atoms. The van der Waals surface area contributed by atoms with Gasteiger partial charge in [-0.05, 0) is 36.8 Å². The molecule has 0 saturated carbocycles. The van der Waals surface area contributed by atoms with Crippen molar-refractivity contribution in [2.24, 2.45) is 0 Å². The number of carboxylic acid groups (broad SMARTS) is 1. The van der Waals surface area contributed by atoms with Gasteiger partial charge in [-0.25, -0.2) is 17.6 Å². The minimum Gasteiger partial charge on any atom is -0.505 e. The summed E-state index contributed by atoms with van der Waals surface area (Å²) in [5.41, 5.74) is -0.949. The van der Waals surface area contributed by atoms with Crippen LogP contribution in [0.4, 0.5) is 10.1 Å². The normalized spacial score (nSPS) is 11.3. The third-order valence-corrected chi connectivity index (χ3v) is 4.63. The van der Waals surface area contributed by atoms with Crippen LogP contribution in [0.25, 0.3) is 0 Å². The molecule has 2 rings (SSSR count). The molecule has 6 nitrogen and oxygen atoms in total. The zero-order valence-corrected chi connectivity index (χ0v) is 13.2. The number of phenolic OH excluding ortho intramolecular Hbond substituents is 1. The zero-order valence-electron chi connectivity index (χ0n) is 11.7. The fourth-order valence-electron chi connectivity index (χ4n) is 1.95. The van der Waals surface area contributed by atoms with E-state index in [1.807, 2.05) is 4.72 Å². The largest absolute Gasteiger partial charge is 0.505 e. The summed E-state index contributed by atoms with van der Waals surface area (Å²) in [6.07, 6.45) is 0. The lowest BCUT2D eigenvalue weighted by molar-refractivity contribution is 0.0693. The summed E-state index contributed by atoms with van der Waals surface area (Å²) >= 11 is 5.66. The molecule has 0 amide bonds. The van der Waals surface area contributed by atoms with Gasteiger partial charge in [0.25, 0.3) is 10.0 Å². The van der Waals surface area contributed by atoms with Crippen molar-refractivity contribution in [1.82, 2.24) is 0 Å². The van der Waals surface area contributed by atoms with Gasteiger partial charge in [0, 0.05) is 0 Å². The summed E-state index contributed by atoms with van der Waals surface area (Å²) in [5.74, 6) is -3.40. The molecular weight excluding hydrogens is 349 g/mol. The molecule has 2 aromatic carbocycles. The highest BCUT2D eigenvalue weighted by molar-refractivity contribution is 7.92. The van der Waals surface area contributed by atoms with Crippen LogP contribution in [0.15, 0.2) is 35.2 Å². The molecule has 0 aliphatic carbocycles. The number of aromatic hydroxyl groups is 1. The molecule has 0 radical (unpaired) electrons. The topological polar surface area (TPSA) is 104 Å². The molecule has 0 bridgehead atoms. The maximum atomic E-state index is 13.8. The molecule has 0 unspecified atom stereocenters. The maximum absolute atomic E-state index is 13.8. The fourth-order valence-corrected chi connectivity index (χ4v) is 3.37. The first-order valence-corrected chi connectivity index (χ1v) is 8.03. The molecular formula is C14H11ClFNO5S. The molecule has 0 atom stereocenters. The van der Waals surface area contributed by atoms with E-state index in [0.717, 1.165) is 12.1 Å². The summed E-state index contributed by atoms with van der Waals surface area (Å²) < 4.78 is 40.4. The van der Waals surface area contributed by atoms with Gasteiger partial charge in [-0.1, -0.05) is 17.7 Å². The Bertz CT molecular complexity index is 898. The van der Waals surface area contributed by atoms with Crippen molar-refractivity contribution >= 4 is 33.3 Å². The Labute approximate surface area is 136 Å². The summed E-state index contributed by atoms with van der Waals surface area (Å²) in [4.78, 5) is 10.6. The summed E-state index contributed by atoms with van der Waals surface area (Å²) in [6.45, 7) is 1.48. The summed E-state index contributed by atoms with van der Waals surface area (Å²) in [7, 11) is -4.37. The van der Waals surface area contributed by atoms with Crippen molar-refractivity contribution in [3.05, 3.63) is 52.3 Å². The predicted molar refractivity (Wildman–Crippen MR) is 82.0 cm³/mol. The van der Waals surface area contributed by atoms with Crippen LogP contribution in [-0.2, 0) is 10.0 Å². The standard InChI is InChI=1S/C14H11ClFNO5S/c1-7-5-9(16)12(14(19)20)10(6-7)17-23(21,22)11-4-2-3-8(15)13(11)18/h2-6,17-18H,1H3,(H,19,20). The molecule has 0 aromatic heterocycles. The Morgan fingerprint density at radius 2 is 1.96 bits per heavy atom. The van der Waals surface area contributed by atoms with Gasteiger partial charge < -0.3 is 10.2 Å². The van der Waals surface area contributed by atoms with E-state index in [4.69, 9.17) is 16.7 Å². The van der Waals surface area contributed by atoms with Crippen LogP contribution < -0.4 is 4.72 Å². The first-order valence-electron chi connectivity index (χ1n) is 6.17. The average molecular weight is 360 g/mol. The van der Waals surface area contributed by atoms with Crippen LogP contribution in [0.1, 0.15) is 15.9 Å². The molecule has 0 heterocycles. The maximum Gasteiger partial charge on any atom is 0.340 e. The molecule has 0 saturated heterocycles. The lowest BCUT2D eigenvalue weighted by Crippen LogP contribution is -2.17. The van der Waals surface area contributed by atoms with E-state index in [9.17, 15) is 22.7 Å². The minimum atomic E-state index is -4.37. The number of aryl methyl sites for hydroxylation is 1. The van der Waals surface area contributed by atoms with Gasteiger partial charge in [0.05, 0.1) is 10.7 Å². The highest BCUT2D eigenvalue weighted by atomic mass is 35.5. The van der Waals surface area contributed by atoms with Crippen molar-refractivity contribution in [2.45, 2.75) is 11.8 Å². The van der Waals surface area contributed by atoms with Gasteiger partial charge in [0.1, 0.15) is 16.3 Å². The second-order valence-electron chi connectivity index (χ2n) is 4.67. The van der Waals surface area contributed by atoms with Crippen LogP contribution in [0.5, 0.6) is 5.75 Å². The van der Waals surface area contributed by atoms with Crippen molar-refractivity contribution < 1.29 is 27.8 Å². The molecule has 3 N–H and O–H groups in total. The highest BCUT2D eigenvalue weighted by Crippen LogP contribution is 2.32. The number of hydrogen-bond donors (Lipinski definition) is 3. The number of rotatable bonds is 4. The molecule has 0 fully saturated rings. The molecule has 122 valence electrons. The number of anilines is 1. The van der Waals surface area contributed by atoms with Crippen LogP contribution in [0.3, 0.4) is 0 Å². The Hall–Kier alpha value is -2.32. The number of aromatic carboxylic acids is 1. The predicted octanol–water partition coefficient (Wildman–Crippen LogP) is 2.99. The number of halogens is 2. The number of nitrogens with one attached hydrogen (secondary N) is 1. The van der Waals surface area contributed by atoms with Gasteiger partial charge in [-0.2, -0.15) is 0 Å². The third-order valence-electron chi connectivity index (χ3n) is 2.93. The van der Waals surface area contributed by atoms with Crippen molar-refractivity contribution in [3.63, 3.8) is 0 Å². The number of phenols is 1. The first kappa shape index (κ1) is 17.0. The SMILES string of the molecule is Cc1cc(F)c(C(=O)O)c(NS(=O)(=O)c2cccc(Cl)c2O)c1. The Morgan fingerprint density at radius 1 is 1.30 bits per heavy atom. The van der Waals surface area contributed by atoms with Crippen molar-refractivity contribution in [1.29, 1.82) is 0 Å². The second kappa shape index (κ2) is 6.05. The number of benzene rings is 2. The minimum absolute atomic E-state index is 0.193. The quantitative estimate of drug-likeness (QED) is 0.778. The van der Waals surface area contributed by atoms with E-state index in [2.05, 4.69) is 0 Å². The Balaban J connectivity index is 2.58. The van der Waals surface area contributed by atoms with Crippen LogP contribution in [-0.4, -0.2) is 24.6 Å². The number of hydrogen-bond acceptors (Lipinski definition) is 4. The average Bonchev–Trinajstić information content (AvgIpc) is 2.39. The third kappa shape index (κ3) is 3.38. The monoisotopic (exact) mass is 359 g/mol. The van der Waals surface area contributed by atoms with Crippen LogP contribution in [0, 0.1) is 12.7 Å².